The molecule has 0 aliphatic heterocycles. The summed E-state index contributed by atoms with van der Waals surface area (Å²) in [6.07, 6.45) is 35.3. The Hall–Kier alpha value is -6.76. The van der Waals surface area contributed by atoms with E-state index in [2.05, 4.69) is 204 Å². The average molecular weight is 787 g/mol. The van der Waals surface area contributed by atoms with E-state index in [-0.39, 0.29) is 0 Å². The van der Waals surface area contributed by atoms with E-state index in [0.717, 1.165) is 44.6 Å². The maximum Gasteiger partial charge on any atom is -0.00364 e. The molecule has 306 valence electrons. The lowest BCUT2D eigenvalue weighted by molar-refractivity contribution is 0.959. The summed E-state index contributed by atoms with van der Waals surface area (Å²) >= 11 is 0. The molecule has 0 fully saturated rings. The molecule has 1 aliphatic rings. The van der Waals surface area contributed by atoms with Crippen LogP contribution in [0.1, 0.15) is 76.6 Å². The molecule has 0 radical (unpaired) electrons. The van der Waals surface area contributed by atoms with Gasteiger partial charge in [-0.2, -0.15) is 0 Å². The molecule has 6 rings (SSSR count). The van der Waals surface area contributed by atoms with E-state index in [9.17, 15) is 0 Å². The average Bonchev–Trinajstić information content (AvgIpc) is 3.30. The van der Waals surface area contributed by atoms with Crippen molar-refractivity contribution in [2.45, 2.75) is 54.4 Å². The number of benzene rings is 5. The maximum atomic E-state index is 4.72. The predicted octanol–water partition coefficient (Wildman–Crippen LogP) is 18.2. The lowest BCUT2D eigenvalue weighted by atomic mass is 9.85. The monoisotopic (exact) mass is 787 g/mol. The topological polar surface area (TPSA) is 0 Å². The van der Waals surface area contributed by atoms with Crippen LogP contribution < -0.4 is 0 Å². The Labute approximate surface area is 363 Å². The van der Waals surface area contributed by atoms with Crippen molar-refractivity contribution in [2.75, 3.05) is 0 Å². The lowest BCUT2D eigenvalue weighted by Gasteiger charge is -2.19. The van der Waals surface area contributed by atoms with E-state index >= 15 is 0 Å². The SMILES string of the molecule is C/C=C\C=C\C.C=C.C=C/C=C\CCC.C=CC(=C\C)/C(=C1/C=C/C=C/C=C\c2ccccc2/C(c2cccc3ccccc23)=C\C1=C)c1ccc2ccccc2c1.CC. The summed E-state index contributed by atoms with van der Waals surface area (Å²) in [5, 5.41) is 4.84. The minimum Gasteiger partial charge on any atom is -0.106 e. The van der Waals surface area contributed by atoms with Crippen LogP contribution in [-0.4, -0.2) is 0 Å². The third-order valence-electron chi connectivity index (χ3n) is 9.22. The molecule has 0 atom stereocenters. The molecule has 0 bridgehead atoms. The van der Waals surface area contributed by atoms with Gasteiger partial charge in [-0.05, 0) is 111 Å². The molecular formula is C60H66. The first-order valence-electron chi connectivity index (χ1n) is 21.0. The van der Waals surface area contributed by atoms with Crippen molar-refractivity contribution in [3.05, 3.63) is 272 Å². The van der Waals surface area contributed by atoms with Crippen LogP contribution >= 0.6 is 0 Å². The standard InChI is InChI=1S/C43H34.C7H12.C6H10.C2H6.C2H4/c1-4-32(5-2)43(37-28-27-33-17-10-11-21-36(33)30-37)38-23-9-7-6-8-18-34-19-13-15-25-40(34)42(29-31(38)3)41-26-16-22-35-20-12-14-24-39(35)41;1-3-5-7-6-4-2;1-3-5-6-4-2;2*1-2/h4-30H,1,3H2,2H3;3,5,7H,1,4,6H2,2H3;3-6H,1-2H3;1-2H3;1-2H2/b7-6+,18-8-,23-9+,32-5+,42-29+,43-38+;7-5-;5-3-,6-4+;;. The Bertz CT molecular complexity index is 2390. The van der Waals surface area contributed by atoms with Gasteiger partial charge in [0.1, 0.15) is 0 Å². The second kappa shape index (κ2) is 29.5. The molecule has 0 amide bonds. The summed E-state index contributed by atoms with van der Waals surface area (Å²) < 4.78 is 0. The first-order chi connectivity index (χ1) is 29.5. The summed E-state index contributed by atoms with van der Waals surface area (Å²) in [7, 11) is 0. The van der Waals surface area contributed by atoms with Crippen LogP contribution in [0.3, 0.4) is 0 Å². The third kappa shape index (κ3) is 14.9. The largest absolute Gasteiger partial charge is 0.106 e. The molecular weight excluding hydrogens is 721 g/mol. The molecule has 0 heteroatoms. The minimum atomic E-state index is 0.927. The van der Waals surface area contributed by atoms with Gasteiger partial charge in [0.2, 0.25) is 0 Å². The van der Waals surface area contributed by atoms with Crippen molar-refractivity contribution in [3.63, 3.8) is 0 Å². The van der Waals surface area contributed by atoms with Gasteiger partial charge >= 0.3 is 0 Å². The summed E-state index contributed by atoms with van der Waals surface area (Å²) in [4.78, 5) is 0. The second-order valence-corrected chi connectivity index (χ2v) is 13.1. The fraction of sp³-hybridized carbons (Fsp3) is 0.133. The Morgan fingerprint density at radius 3 is 1.87 bits per heavy atom. The summed E-state index contributed by atoms with van der Waals surface area (Å²) in [5.74, 6) is 0. The van der Waals surface area contributed by atoms with Gasteiger partial charge in [0.05, 0.1) is 0 Å². The van der Waals surface area contributed by atoms with E-state index in [1.165, 1.54) is 39.9 Å². The van der Waals surface area contributed by atoms with Crippen LogP contribution in [0.5, 0.6) is 0 Å². The zero-order valence-corrected chi connectivity index (χ0v) is 37.1. The summed E-state index contributed by atoms with van der Waals surface area (Å²) in [5.41, 5.74) is 9.90. The number of fused-ring (bicyclic) bond motifs is 3. The Balaban J connectivity index is 0.000000623. The Morgan fingerprint density at radius 1 is 0.617 bits per heavy atom. The number of unbranched alkanes of at least 4 members (excludes halogenated alkanes) is 1. The Morgan fingerprint density at radius 2 is 1.22 bits per heavy atom. The fourth-order valence-electron chi connectivity index (χ4n) is 6.46. The van der Waals surface area contributed by atoms with Gasteiger partial charge in [0.25, 0.3) is 0 Å². The first kappa shape index (κ1) is 49.4. The molecule has 0 saturated carbocycles. The normalized spacial score (nSPS) is 15.7. The van der Waals surface area contributed by atoms with E-state index in [0.29, 0.717) is 0 Å². The highest BCUT2D eigenvalue weighted by Crippen LogP contribution is 2.38. The van der Waals surface area contributed by atoms with Crippen LogP contribution in [-0.2, 0) is 0 Å². The third-order valence-corrected chi connectivity index (χ3v) is 9.22. The molecule has 0 nitrogen and oxygen atoms in total. The summed E-state index contributed by atoms with van der Waals surface area (Å²) in [6.45, 7) is 30.7. The van der Waals surface area contributed by atoms with Crippen LogP contribution in [0.2, 0.25) is 0 Å². The van der Waals surface area contributed by atoms with E-state index in [1.807, 2.05) is 64.2 Å². The highest BCUT2D eigenvalue weighted by molar-refractivity contribution is 6.01. The van der Waals surface area contributed by atoms with Crippen molar-refractivity contribution < 1.29 is 0 Å². The van der Waals surface area contributed by atoms with Gasteiger partial charge in [0, 0.05) is 0 Å². The molecule has 5 aromatic rings. The van der Waals surface area contributed by atoms with Crippen molar-refractivity contribution in [3.8, 4) is 0 Å². The maximum absolute atomic E-state index is 4.72. The molecule has 0 spiro atoms. The van der Waals surface area contributed by atoms with E-state index in [4.69, 9.17) is 6.58 Å². The fourth-order valence-corrected chi connectivity index (χ4v) is 6.46. The van der Waals surface area contributed by atoms with Crippen LogP contribution in [0.15, 0.2) is 250 Å². The predicted molar refractivity (Wildman–Crippen MR) is 275 cm³/mol. The molecule has 1 aliphatic carbocycles. The van der Waals surface area contributed by atoms with Gasteiger partial charge in [-0.1, -0.05) is 241 Å². The highest BCUT2D eigenvalue weighted by atomic mass is 14.2. The zero-order chi connectivity index (χ0) is 44.0. The van der Waals surface area contributed by atoms with Gasteiger partial charge in [0.15, 0.2) is 0 Å². The molecule has 0 aromatic heterocycles. The van der Waals surface area contributed by atoms with Crippen molar-refractivity contribution in [2.24, 2.45) is 0 Å². The van der Waals surface area contributed by atoms with Crippen LogP contribution in [0, 0.1) is 0 Å². The van der Waals surface area contributed by atoms with Gasteiger partial charge in [-0.15, -0.1) is 13.2 Å². The van der Waals surface area contributed by atoms with Crippen molar-refractivity contribution in [1.29, 1.82) is 0 Å². The number of hydrogen-bond acceptors (Lipinski definition) is 0. The van der Waals surface area contributed by atoms with Crippen LogP contribution in [0.25, 0.3) is 38.8 Å². The lowest BCUT2D eigenvalue weighted by Crippen LogP contribution is -1.98. The van der Waals surface area contributed by atoms with E-state index < -0.39 is 0 Å². The van der Waals surface area contributed by atoms with E-state index in [1.54, 1.807) is 6.08 Å². The van der Waals surface area contributed by atoms with Gasteiger partial charge in [-0.25, -0.2) is 0 Å². The smallest absolute Gasteiger partial charge is 0.00364 e. The second-order valence-electron chi connectivity index (χ2n) is 13.1. The molecule has 0 N–H and O–H groups in total. The molecule has 60 heavy (non-hydrogen) atoms. The van der Waals surface area contributed by atoms with Crippen molar-refractivity contribution in [1.82, 2.24) is 0 Å². The number of rotatable bonds is 8. The molecule has 0 unspecified atom stereocenters. The van der Waals surface area contributed by atoms with Gasteiger partial charge in [-0.3, -0.25) is 0 Å². The number of allylic oxidation sites excluding steroid dienone is 19. The summed E-state index contributed by atoms with van der Waals surface area (Å²) in [6, 6.07) is 38.9. The van der Waals surface area contributed by atoms with Crippen LogP contribution in [0.4, 0.5) is 0 Å². The Kier molecular flexibility index (Phi) is 24.2. The number of hydrogen-bond donors (Lipinski definition) is 0. The minimum absolute atomic E-state index is 0.927. The zero-order valence-electron chi connectivity index (χ0n) is 37.1. The highest BCUT2D eigenvalue weighted by Gasteiger charge is 2.17. The quantitative estimate of drug-likeness (QED) is 0.109. The van der Waals surface area contributed by atoms with Gasteiger partial charge < -0.3 is 0 Å². The molecule has 0 heterocycles. The molecule has 5 aromatic carbocycles. The van der Waals surface area contributed by atoms with Crippen molar-refractivity contribution >= 4 is 38.8 Å². The first-order valence-corrected chi connectivity index (χ1v) is 21.0. The molecule has 0 saturated heterocycles.